The van der Waals surface area contributed by atoms with Crippen LogP contribution >= 0.6 is 0 Å². The number of benzene rings is 2. The molecule has 30 heavy (non-hydrogen) atoms. The Morgan fingerprint density at radius 1 is 0.933 bits per heavy atom. The summed E-state index contributed by atoms with van der Waals surface area (Å²) in [4.78, 5) is 31.3. The number of amides is 2. The van der Waals surface area contributed by atoms with Gasteiger partial charge in [0.15, 0.2) is 0 Å². The summed E-state index contributed by atoms with van der Waals surface area (Å²) in [6.07, 6.45) is 2.37. The first kappa shape index (κ1) is 19.1. The molecule has 5 rings (SSSR count). The van der Waals surface area contributed by atoms with Crippen LogP contribution in [0.5, 0.6) is 0 Å². The summed E-state index contributed by atoms with van der Waals surface area (Å²) < 4.78 is 5.38. The average Bonchev–Trinajstić information content (AvgIpc) is 2.79. The molecule has 1 fully saturated rings. The fourth-order valence-corrected chi connectivity index (χ4v) is 4.86. The first-order chi connectivity index (χ1) is 14.7. The van der Waals surface area contributed by atoms with E-state index in [-0.39, 0.29) is 18.0 Å². The number of fused-ring (bicyclic) bond motifs is 2. The van der Waals surface area contributed by atoms with E-state index in [0.29, 0.717) is 19.7 Å². The van der Waals surface area contributed by atoms with Crippen molar-refractivity contribution in [3.63, 3.8) is 0 Å². The molecule has 0 N–H and O–H groups in total. The lowest BCUT2D eigenvalue weighted by Gasteiger charge is -2.40. The van der Waals surface area contributed by atoms with Crippen LogP contribution in [0.3, 0.4) is 0 Å². The van der Waals surface area contributed by atoms with E-state index in [1.165, 1.54) is 11.1 Å². The Morgan fingerprint density at radius 3 is 2.43 bits per heavy atom. The first-order valence-electron chi connectivity index (χ1n) is 10.8. The number of carbonyl (C=O) groups excluding carboxylic acids is 2. The third-order valence-electron chi connectivity index (χ3n) is 6.56. The quantitative estimate of drug-likeness (QED) is 0.787. The Kier molecular flexibility index (Phi) is 5.17. The Morgan fingerprint density at radius 2 is 1.63 bits per heavy atom. The van der Waals surface area contributed by atoms with Gasteiger partial charge in [-0.3, -0.25) is 14.6 Å². The first-order valence-corrected chi connectivity index (χ1v) is 10.8. The zero-order valence-electron chi connectivity index (χ0n) is 17.1. The summed E-state index contributed by atoms with van der Waals surface area (Å²) in [5, 5.41) is 0. The molecule has 2 aromatic rings. The molecular formula is C24H27N3O3. The van der Waals surface area contributed by atoms with Crippen molar-refractivity contribution >= 4 is 17.7 Å². The van der Waals surface area contributed by atoms with Gasteiger partial charge in [0, 0.05) is 37.8 Å². The highest BCUT2D eigenvalue weighted by molar-refractivity contribution is 5.91. The summed E-state index contributed by atoms with van der Waals surface area (Å²) in [6, 6.07) is 16.5. The molecule has 2 amide bonds. The highest BCUT2D eigenvalue weighted by Crippen LogP contribution is 2.31. The number of hydrogen-bond donors (Lipinski definition) is 0. The van der Waals surface area contributed by atoms with Crippen LogP contribution < -0.4 is 4.90 Å². The fourth-order valence-electron chi connectivity index (χ4n) is 4.86. The number of piperidine rings is 1. The zero-order chi connectivity index (χ0) is 20.5. The third kappa shape index (κ3) is 3.67. The van der Waals surface area contributed by atoms with Crippen LogP contribution in [0, 0.1) is 0 Å². The molecule has 0 bridgehead atoms. The molecule has 0 aliphatic carbocycles. The van der Waals surface area contributed by atoms with Crippen molar-refractivity contribution in [2.24, 2.45) is 0 Å². The number of likely N-dealkylation sites (tertiary alicyclic amines) is 1. The largest absolute Gasteiger partial charge is 0.444 e. The van der Waals surface area contributed by atoms with Gasteiger partial charge in [-0.1, -0.05) is 42.5 Å². The van der Waals surface area contributed by atoms with Gasteiger partial charge in [0.25, 0.3) is 0 Å². The number of carbonyl (C=O) groups is 2. The fraction of sp³-hybridized carbons (Fsp3) is 0.417. The molecule has 3 aliphatic heterocycles. The number of rotatable bonds is 3. The SMILES string of the molecule is O=C(CN1CCC(N2C(=O)OCc3ccccc32)CC1)N1CCc2ccccc2C1. The molecule has 0 spiro atoms. The van der Waals surface area contributed by atoms with E-state index >= 15 is 0 Å². The number of cyclic esters (lactones) is 1. The maximum atomic E-state index is 12.9. The van der Waals surface area contributed by atoms with Crippen molar-refractivity contribution in [1.82, 2.24) is 9.80 Å². The summed E-state index contributed by atoms with van der Waals surface area (Å²) in [5.74, 6) is 0.200. The van der Waals surface area contributed by atoms with Crippen LogP contribution in [0.25, 0.3) is 0 Å². The van der Waals surface area contributed by atoms with Crippen LogP contribution in [-0.2, 0) is 29.1 Å². The zero-order valence-corrected chi connectivity index (χ0v) is 17.1. The topological polar surface area (TPSA) is 53.1 Å². The van der Waals surface area contributed by atoms with Crippen molar-refractivity contribution < 1.29 is 14.3 Å². The minimum Gasteiger partial charge on any atom is -0.444 e. The van der Waals surface area contributed by atoms with Crippen LogP contribution in [0.2, 0.25) is 0 Å². The molecule has 0 aromatic heterocycles. The van der Waals surface area contributed by atoms with E-state index in [4.69, 9.17) is 4.74 Å². The van der Waals surface area contributed by atoms with Crippen LogP contribution in [0.15, 0.2) is 48.5 Å². The Bertz CT molecular complexity index is 952. The van der Waals surface area contributed by atoms with E-state index in [1.54, 1.807) is 0 Å². The van der Waals surface area contributed by atoms with E-state index in [9.17, 15) is 9.59 Å². The minimum atomic E-state index is -0.254. The van der Waals surface area contributed by atoms with E-state index in [1.807, 2.05) is 40.1 Å². The van der Waals surface area contributed by atoms with Gasteiger partial charge in [0.05, 0.1) is 12.2 Å². The molecule has 6 nitrogen and oxygen atoms in total. The predicted molar refractivity (Wildman–Crippen MR) is 114 cm³/mol. The Balaban J connectivity index is 1.18. The number of hydrogen-bond acceptors (Lipinski definition) is 4. The van der Waals surface area contributed by atoms with E-state index in [2.05, 4.69) is 23.1 Å². The third-order valence-corrected chi connectivity index (χ3v) is 6.56. The molecule has 156 valence electrons. The standard InChI is InChI=1S/C24H27N3O3/c28-23(26-14-9-18-5-1-2-6-19(18)15-26)16-25-12-10-21(11-13-25)27-22-8-4-3-7-20(22)17-30-24(27)29/h1-8,21H,9-17H2. The summed E-state index contributed by atoms with van der Waals surface area (Å²) in [5.41, 5.74) is 4.64. The van der Waals surface area contributed by atoms with Gasteiger partial charge in [-0.15, -0.1) is 0 Å². The maximum Gasteiger partial charge on any atom is 0.414 e. The lowest BCUT2D eigenvalue weighted by Crippen LogP contribution is -2.51. The average molecular weight is 405 g/mol. The van der Waals surface area contributed by atoms with Crippen molar-refractivity contribution in [3.05, 3.63) is 65.2 Å². The molecular weight excluding hydrogens is 378 g/mol. The number of para-hydroxylation sites is 1. The second kappa shape index (κ2) is 8.11. The number of ether oxygens (including phenoxy) is 1. The van der Waals surface area contributed by atoms with Crippen LogP contribution in [0.4, 0.5) is 10.5 Å². The Labute approximate surface area is 177 Å². The van der Waals surface area contributed by atoms with Crippen molar-refractivity contribution in [1.29, 1.82) is 0 Å². The van der Waals surface area contributed by atoms with Crippen molar-refractivity contribution in [3.8, 4) is 0 Å². The molecule has 3 heterocycles. The molecule has 3 aliphatic rings. The highest BCUT2D eigenvalue weighted by atomic mass is 16.6. The highest BCUT2D eigenvalue weighted by Gasteiger charge is 2.34. The van der Waals surface area contributed by atoms with Gasteiger partial charge in [-0.05, 0) is 36.5 Å². The van der Waals surface area contributed by atoms with Gasteiger partial charge >= 0.3 is 6.09 Å². The minimum absolute atomic E-state index is 0.118. The van der Waals surface area contributed by atoms with E-state index in [0.717, 1.165) is 50.1 Å². The predicted octanol–water partition coefficient (Wildman–Crippen LogP) is 3.19. The summed E-state index contributed by atoms with van der Waals surface area (Å²) in [7, 11) is 0. The summed E-state index contributed by atoms with van der Waals surface area (Å²) >= 11 is 0. The molecule has 2 aromatic carbocycles. The molecule has 0 unspecified atom stereocenters. The van der Waals surface area contributed by atoms with Gasteiger partial charge in [0.2, 0.25) is 5.91 Å². The van der Waals surface area contributed by atoms with Gasteiger partial charge < -0.3 is 9.64 Å². The monoisotopic (exact) mass is 405 g/mol. The van der Waals surface area contributed by atoms with Gasteiger partial charge in [-0.25, -0.2) is 4.79 Å². The lowest BCUT2D eigenvalue weighted by molar-refractivity contribution is -0.133. The number of nitrogens with zero attached hydrogens (tertiary/aromatic N) is 3. The van der Waals surface area contributed by atoms with Crippen molar-refractivity contribution in [2.75, 3.05) is 31.1 Å². The van der Waals surface area contributed by atoms with Crippen LogP contribution in [-0.4, -0.2) is 54.0 Å². The van der Waals surface area contributed by atoms with E-state index < -0.39 is 0 Å². The molecule has 0 atom stereocenters. The maximum absolute atomic E-state index is 12.9. The van der Waals surface area contributed by atoms with Gasteiger partial charge in [-0.2, -0.15) is 0 Å². The Hall–Kier alpha value is -2.86. The van der Waals surface area contributed by atoms with Crippen LogP contribution in [0.1, 0.15) is 29.5 Å². The second-order valence-corrected chi connectivity index (χ2v) is 8.39. The molecule has 1 saturated heterocycles. The summed E-state index contributed by atoms with van der Waals surface area (Å²) in [6.45, 7) is 3.93. The smallest absolute Gasteiger partial charge is 0.414 e. The molecule has 0 saturated carbocycles. The van der Waals surface area contributed by atoms with Crippen molar-refractivity contribution in [2.45, 2.75) is 38.5 Å². The normalized spacial score (nSPS) is 19.8. The number of anilines is 1. The van der Waals surface area contributed by atoms with Gasteiger partial charge in [0.1, 0.15) is 6.61 Å². The lowest BCUT2D eigenvalue weighted by atomic mass is 9.99. The molecule has 0 radical (unpaired) electrons. The molecule has 6 heteroatoms. The second-order valence-electron chi connectivity index (χ2n) is 8.39.